The molecule has 0 radical (unpaired) electrons. The van der Waals surface area contributed by atoms with Crippen LogP contribution in [0.25, 0.3) is 0 Å². The van der Waals surface area contributed by atoms with Gasteiger partial charge < -0.3 is 4.90 Å². The van der Waals surface area contributed by atoms with Crippen LogP contribution in [-0.4, -0.2) is 58.2 Å². The first-order chi connectivity index (χ1) is 14.7. The number of hydrogen-bond donors (Lipinski definition) is 0. The number of aromatic nitrogens is 2. The van der Waals surface area contributed by atoms with Crippen molar-refractivity contribution >= 4 is 5.91 Å². The van der Waals surface area contributed by atoms with Crippen LogP contribution in [0.1, 0.15) is 44.9 Å². The van der Waals surface area contributed by atoms with Gasteiger partial charge in [0.1, 0.15) is 5.82 Å². The highest BCUT2D eigenvalue weighted by Gasteiger charge is 2.53. The van der Waals surface area contributed by atoms with Crippen LogP contribution in [0.15, 0.2) is 41.2 Å². The van der Waals surface area contributed by atoms with Crippen LogP contribution in [0.3, 0.4) is 0 Å². The lowest BCUT2D eigenvalue weighted by molar-refractivity contribution is -0.135. The zero-order valence-electron chi connectivity index (χ0n) is 18.6. The average Bonchev–Trinajstić information content (AvgIpc) is 3.55. The third kappa shape index (κ3) is 4.56. The summed E-state index contributed by atoms with van der Waals surface area (Å²) in [5.74, 6) is -0.114. The van der Waals surface area contributed by atoms with Gasteiger partial charge in [-0.15, -0.1) is 0 Å². The lowest BCUT2D eigenvalue weighted by Crippen LogP contribution is -2.52. The van der Waals surface area contributed by atoms with E-state index in [2.05, 4.69) is 30.8 Å². The number of hydrogen-bond acceptors (Lipinski definition) is 4. The van der Waals surface area contributed by atoms with Crippen molar-refractivity contribution in [3.63, 3.8) is 0 Å². The van der Waals surface area contributed by atoms with Gasteiger partial charge >= 0.3 is 0 Å². The number of halogens is 1. The first-order valence-electron chi connectivity index (χ1n) is 11.1. The molecule has 1 aliphatic heterocycles. The summed E-state index contributed by atoms with van der Waals surface area (Å²) in [6, 6.07) is 9.75. The second-order valence-electron chi connectivity index (χ2n) is 9.75. The Morgan fingerprint density at radius 1 is 1.00 bits per heavy atom. The van der Waals surface area contributed by atoms with E-state index in [0.717, 1.165) is 43.7 Å². The van der Waals surface area contributed by atoms with E-state index in [1.165, 1.54) is 12.1 Å². The Hall–Kier alpha value is -2.54. The number of carbonyl (C=O) groups is 1. The van der Waals surface area contributed by atoms with Crippen molar-refractivity contribution in [3.05, 3.63) is 63.8 Å². The Labute approximate surface area is 182 Å². The predicted molar refractivity (Wildman–Crippen MR) is 118 cm³/mol. The molecule has 7 heteroatoms. The van der Waals surface area contributed by atoms with Gasteiger partial charge in [-0.25, -0.2) is 9.07 Å². The van der Waals surface area contributed by atoms with E-state index in [1.54, 1.807) is 28.9 Å². The van der Waals surface area contributed by atoms with Crippen molar-refractivity contribution in [3.8, 4) is 0 Å². The summed E-state index contributed by atoms with van der Waals surface area (Å²) in [7, 11) is 0. The van der Waals surface area contributed by atoms with Crippen molar-refractivity contribution in [1.82, 2.24) is 19.6 Å². The van der Waals surface area contributed by atoms with Crippen LogP contribution in [0.4, 0.5) is 4.39 Å². The minimum absolute atomic E-state index is 0.0863. The summed E-state index contributed by atoms with van der Waals surface area (Å²) in [5.41, 5.74) is 1.17. The maximum absolute atomic E-state index is 13.3. The summed E-state index contributed by atoms with van der Waals surface area (Å²) in [4.78, 5) is 29.6. The van der Waals surface area contributed by atoms with Crippen molar-refractivity contribution in [2.45, 2.75) is 51.0 Å². The van der Waals surface area contributed by atoms with E-state index in [-0.39, 0.29) is 22.7 Å². The van der Waals surface area contributed by atoms with E-state index in [0.29, 0.717) is 19.6 Å². The Morgan fingerprint density at radius 2 is 1.65 bits per heavy atom. The number of rotatable bonds is 5. The number of amides is 1. The molecule has 1 saturated heterocycles. The molecule has 166 valence electrons. The van der Waals surface area contributed by atoms with E-state index in [9.17, 15) is 14.0 Å². The van der Waals surface area contributed by atoms with Gasteiger partial charge in [0.2, 0.25) is 5.91 Å². The third-order valence-electron chi connectivity index (χ3n) is 6.48. The van der Waals surface area contributed by atoms with Crippen molar-refractivity contribution in [2.75, 3.05) is 32.7 Å². The standard InChI is InChI=1S/C24H31FN4O2/c1-23(2,3)20-8-9-21(30)29(26-20)17-14-27-12-15-28(16-13-27)22(31)24(10-11-24)18-4-6-19(25)7-5-18/h4-9H,10-17H2,1-3H3. The average molecular weight is 427 g/mol. The summed E-state index contributed by atoms with van der Waals surface area (Å²) >= 11 is 0. The smallest absolute Gasteiger partial charge is 0.266 e. The fourth-order valence-electron chi connectivity index (χ4n) is 4.24. The highest BCUT2D eigenvalue weighted by Crippen LogP contribution is 2.49. The molecule has 2 aromatic rings. The van der Waals surface area contributed by atoms with Crippen molar-refractivity contribution in [1.29, 1.82) is 0 Å². The molecule has 4 rings (SSSR count). The normalized spacial score (nSPS) is 18.8. The maximum Gasteiger partial charge on any atom is 0.266 e. The summed E-state index contributed by atoms with van der Waals surface area (Å²) in [5, 5.41) is 4.54. The molecule has 2 fully saturated rings. The van der Waals surface area contributed by atoms with Gasteiger partial charge in [-0.2, -0.15) is 5.10 Å². The molecule has 6 nitrogen and oxygen atoms in total. The molecular formula is C24H31FN4O2. The van der Waals surface area contributed by atoms with E-state index in [4.69, 9.17) is 0 Å². The second-order valence-corrected chi connectivity index (χ2v) is 9.75. The van der Waals surface area contributed by atoms with Gasteiger partial charge in [-0.1, -0.05) is 32.9 Å². The SMILES string of the molecule is CC(C)(C)c1ccc(=O)n(CCN2CCN(C(=O)C3(c4ccc(F)cc4)CC3)CC2)n1. The minimum Gasteiger partial charge on any atom is -0.339 e. The molecule has 0 N–H and O–H groups in total. The van der Waals surface area contributed by atoms with E-state index >= 15 is 0 Å². The van der Waals surface area contributed by atoms with Gasteiger partial charge in [0.25, 0.3) is 5.56 Å². The van der Waals surface area contributed by atoms with E-state index < -0.39 is 5.41 Å². The quantitative estimate of drug-likeness (QED) is 0.737. The minimum atomic E-state index is -0.458. The number of benzene rings is 1. The maximum atomic E-state index is 13.3. The Morgan fingerprint density at radius 3 is 2.23 bits per heavy atom. The zero-order chi connectivity index (χ0) is 22.2. The number of nitrogens with zero attached hydrogens (tertiary/aromatic N) is 4. The first kappa shape index (κ1) is 21.7. The van der Waals surface area contributed by atoms with Gasteiger partial charge in [-0.05, 0) is 36.6 Å². The largest absolute Gasteiger partial charge is 0.339 e. The highest BCUT2D eigenvalue weighted by atomic mass is 19.1. The van der Waals surface area contributed by atoms with Crippen LogP contribution >= 0.6 is 0 Å². The molecular weight excluding hydrogens is 395 g/mol. The van der Waals surface area contributed by atoms with Gasteiger partial charge in [0.05, 0.1) is 17.7 Å². The molecule has 1 aliphatic carbocycles. The van der Waals surface area contributed by atoms with Crippen LogP contribution in [0.5, 0.6) is 0 Å². The fraction of sp³-hybridized carbons (Fsp3) is 0.542. The van der Waals surface area contributed by atoms with Crippen molar-refractivity contribution in [2.24, 2.45) is 0 Å². The Balaban J connectivity index is 1.33. The first-order valence-corrected chi connectivity index (χ1v) is 11.1. The molecule has 0 atom stereocenters. The molecule has 1 saturated carbocycles. The lowest BCUT2D eigenvalue weighted by Gasteiger charge is -2.36. The number of carbonyl (C=O) groups excluding carboxylic acids is 1. The van der Waals surface area contributed by atoms with Crippen LogP contribution in [0.2, 0.25) is 0 Å². The van der Waals surface area contributed by atoms with Crippen LogP contribution in [0, 0.1) is 5.82 Å². The van der Waals surface area contributed by atoms with Crippen LogP contribution in [-0.2, 0) is 22.2 Å². The molecule has 2 aliphatic rings. The summed E-state index contributed by atoms with van der Waals surface area (Å²) in [6.07, 6.45) is 1.66. The van der Waals surface area contributed by atoms with Gasteiger partial charge in [0.15, 0.2) is 0 Å². The molecule has 0 unspecified atom stereocenters. The zero-order valence-corrected chi connectivity index (χ0v) is 18.6. The predicted octanol–water partition coefficient (Wildman–Crippen LogP) is 2.56. The Bertz CT molecular complexity index is 997. The topological polar surface area (TPSA) is 58.4 Å². The van der Waals surface area contributed by atoms with Crippen LogP contribution < -0.4 is 5.56 Å². The Kier molecular flexibility index (Phi) is 5.73. The summed E-state index contributed by atoms with van der Waals surface area (Å²) < 4.78 is 14.8. The molecule has 2 heterocycles. The number of piperazine rings is 1. The molecule has 1 aromatic carbocycles. The fourth-order valence-corrected chi connectivity index (χ4v) is 4.24. The monoisotopic (exact) mass is 426 g/mol. The molecule has 0 spiro atoms. The van der Waals surface area contributed by atoms with E-state index in [1.807, 2.05) is 4.90 Å². The van der Waals surface area contributed by atoms with Gasteiger partial charge in [0, 0.05) is 44.2 Å². The van der Waals surface area contributed by atoms with Gasteiger partial charge in [-0.3, -0.25) is 14.5 Å². The molecule has 0 bridgehead atoms. The molecule has 1 amide bonds. The summed E-state index contributed by atoms with van der Waals surface area (Å²) in [6.45, 7) is 10.4. The molecule has 31 heavy (non-hydrogen) atoms. The second kappa shape index (κ2) is 8.19. The third-order valence-corrected chi connectivity index (χ3v) is 6.48. The van der Waals surface area contributed by atoms with Crippen molar-refractivity contribution < 1.29 is 9.18 Å². The lowest BCUT2D eigenvalue weighted by atomic mass is 9.92. The highest BCUT2D eigenvalue weighted by molar-refractivity contribution is 5.91. The molecule has 1 aromatic heterocycles.